The first-order chi connectivity index (χ1) is 15.0. The van der Waals surface area contributed by atoms with Crippen molar-refractivity contribution in [2.45, 2.75) is 51.4 Å². The number of hydrogen-bond donors (Lipinski definition) is 1. The van der Waals surface area contributed by atoms with Crippen molar-refractivity contribution in [3.63, 3.8) is 0 Å². The first kappa shape index (κ1) is 21.0. The zero-order chi connectivity index (χ0) is 21.8. The van der Waals surface area contributed by atoms with Gasteiger partial charge in [-0.1, -0.05) is 48.5 Å². The maximum atomic E-state index is 13.2. The highest BCUT2D eigenvalue weighted by molar-refractivity contribution is 5.95. The number of esters is 1. The van der Waals surface area contributed by atoms with Crippen LogP contribution in [0.15, 0.2) is 65.9 Å². The molecule has 2 aliphatic rings. The number of carbonyl (C=O) groups excluding carboxylic acids is 2. The SMILES string of the molecule is CC1=C(C(=O)OC2CCCC2)[C@@H](c2ccccc2OCc2ccccc2)NC(=O)N1C. The standard InChI is InChI=1S/C25H28N2O4/c1-17-22(24(28)31-19-12-6-7-13-19)23(26-25(29)27(17)2)20-14-8-9-15-21(20)30-16-18-10-4-3-5-11-18/h3-5,8-11,14-15,19,23H,6-7,12-13,16H2,1-2H3,(H,26,29)/t23-/m1/s1. The molecule has 162 valence electrons. The molecule has 1 saturated carbocycles. The predicted octanol–water partition coefficient (Wildman–Crippen LogP) is 4.72. The lowest BCUT2D eigenvalue weighted by Gasteiger charge is -2.34. The van der Waals surface area contributed by atoms with Crippen molar-refractivity contribution >= 4 is 12.0 Å². The molecular formula is C25H28N2O4. The first-order valence-electron chi connectivity index (χ1n) is 10.8. The second kappa shape index (κ2) is 9.25. The topological polar surface area (TPSA) is 67.9 Å². The number of urea groups is 1. The van der Waals surface area contributed by atoms with Crippen LogP contribution in [0.4, 0.5) is 4.79 Å². The Balaban J connectivity index is 1.64. The lowest BCUT2D eigenvalue weighted by molar-refractivity contribution is -0.144. The van der Waals surface area contributed by atoms with Crippen molar-refractivity contribution in [3.8, 4) is 5.75 Å². The molecule has 1 aliphatic carbocycles. The highest BCUT2D eigenvalue weighted by Crippen LogP contribution is 2.36. The van der Waals surface area contributed by atoms with E-state index in [0.29, 0.717) is 23.6 Å². The maximum absolute atomic E-state index is 13.2. The Bertz CT molecular complexity index is 980. The largest absolute Gasteiger partial charge is 0.489 e. The highest BCUT2D eigenvalue weighted by atomic mass is 16.5. The van der Waals surface area contributed by atoms with Crippen molar-refractivity contribution in [2.75, 3.05) is 7.05 Å². The van der Waals surface area contributed by atoms with E-state index in [9.17, 15) is 9.59 Å². The van der Waals surface area contributed by atoms with Gasteiger partial charge in [0.15, 0.2) is 0 Å². The van der Waals surface area contributed by atoms with Crippen LogP contribution in [-0.4, -0.2) is 30.1 Å². The van der Waals surface area contributed by atoms with Gasteiger partial charge in [-0.15, -0.1) is 0 Å². The second-order valence-electron chi connectivity index (χ2n) is 8.06. The number of nitrogens with one attached hydrogen (secondary N) is 1. The highest BCUT2D eigenvalue weighted by Gasteiger charge is 2.37. The molecule has 1 N–H and O–H groups in total. The lowest BCUT2D eigenvalue weighted by Crippen LogP contribution is -2.46. The number of benzene rings is 2. The van der Waals surface area contributed by atoms with Crippen LogP contribution < -0.4 is 10.1 Å². The molecule has 0 unspecified atom stereocenters. The number of amides is 2. The molecule has 1 aliphatic heterocycles. The summed E-state index contributed by atoms with van der Waals surface area (Å²) in [5, 5.41) is 2.96. The summed E-state index contributed by atoms with van der Waals surface area (Å²) in [4.78, 5) is 27.2. The van der Waals surface area contributed by atoms with Gasteiger partial charge in [-0.25, -0.2) is 9.59 Å². The summed E-state index contributed by atoms with van der Waals surface area (Å²) in [6.07, 6.45) is 3.88. The van der Waals surface area contributed by atoms with E-state index in [1.54, 1.807) is 14.0 Å². The van der Waals surface area contributed by atoms with Crippen LogP contribution in [0.2, 0.25) is 0 Å². The van der Waals surface area contributed by atoms with Gasteiger partial charge in [0.05, 0.1) is 11.6 Å². The molecular weight excluding hydrogens is 392 g/mol. The van der Waals surface area contributed by atoms with Crippen molar-refractivity contribution in [1.29, 1.82) is 0 Å². The Morgan fingerprint density at radius 1 is 1.06 bits per heavy atom. The molecule has 1 atom stereocenters. The van der Waals surface area contributed by atoms with E-state index in [1.165, 1.54) is 4.90 Å². The minimum Gasteiger partial charge on any atom is -0.489 e. The van der Waals surface area contributed by atoms with Gasteiger partial charge in [0.1, 0.15) is 18.5 Å². The van der Waals surface area contributed by atoms with Crippen LogP contribution in [0.25, 0.3) is 0 Å². The minimum absolute atomic E-state index is 0.0547. The number of carbonyl (C=O) groups is 2. The summed E-state index contributed by atoms with van der Waals surface area (Å²) in [5.74, 6) is 0.249. The average molecular weight is 421 g/mol. The third-order valence-electron chi connectivity index (χ3n) is 6.02. The molecule has 2 aromatic rings. The van der Waals surface area contributed by atoms with E-state index in [-0.39, 0.29) is 18.1 Å². The van der Waals surface area contributed by atoms with Gasteiger partial charge < -0.3 is 19.7 Å². The van der Waals surface area contributed by atoms with Gasteiger partial charge in [-0.2, -0.15) is 0 Å². The Labute approximate surface area is 182 Å². The Kier molecular flexibility index (Phi) is 6.26. The number of ether oxygens (including phenoxy) is 2. The molecule has 4 rings (SSSR count). The summed E-state index contributed by atoms with van der Waals surface area (Å²) >= 11 is 0. The molecule has 0 aromatic heterocycles. The van der Waals surface area contributed by atoms with Crippen LogP contribution in [0.1, 0.15) is 49.8 Å². The third kappa shape index (κ3) is 4.58. The molecule has 0 bridgehead atoms. The molecule has 1 heterocycles. The summed E-state index contributed by atoms with van der Waals surface area (Å²) in [6, 6.07) is 16.5. The zero-order valence-corrected chi connectivity index (χ0v) is 18.0. The van der Waals surface area contributed by atoms with Crippen molar-refractivity contribution in [2.24, 2.45) is 0 Å². The molecule has 1 fully saturated rings. The van der Waals surface area contributed by atoms with Crippen molar-refractivity contribution in [1.82, 2.24) is 10.2 Å². The minimum atomic E-state index is -0.635. The van der Waals surface area contributed by atoms with Crippen molar-refractivity contribution in [3.05, 3.63) is 77.0 Å². The smallest absolute Gasteiger partial charge is 0.338 e. The molecule has 2 aromatic carbocycles. The maximum Gasteiger partial charge on any atom is 0.338 e. The number of nitrogens with zero attached hydrogens (tertiary/aromatic N) is 1. The fraction of sp³-hybridized carbons (Fsp3) is 0.360. The molecule has 6 heteroatoms. The van der Waals surface area contributed by atoms with E-state index in [2.05, 4.69) is 5.32 Å². The number of rotatable bonds is 6. The van der Waals surface area contributed by atoms with Gasteiger partial charge in [-0.3, -0.25) is 0 Å². The van der Waals surface area contributed by atoms with Crippen LogP contribution in [0.5, 0.6) is 5.75 Å². The van der Waals surface area contributed by atoms with Gasteiger partial charge >= 0.3 is 12.0 Å². The van der Waals surface area contributed by atoms with E-state index in [1.807, 2.05) is 54.6 Å². The molecule has 2 amide bonds. The number of para-hydroxylation sites is 1. The molecule has 31 heavy (non-hydrogen) atoms. The predicted molar refractivity (Wildman–Crippen MR) is 117 cm³/mol. The van der Waals surface area contributed by atoms with Gasteiger partial charge in [0.2, 0.25) is 0 Å². The van der Waals surface area contributed by atoms with Crippen LogP contribution in [-0.2, 0) is 16.1 Å². The van der Waals surface area contributed by atoms with E-state index < -0.39 is 6.04 Å². The zero-order valence-electron chi connectivity index (χ0n) is 18.0. The monoisotopic (exact) mass is 420 g/mol. The Hall–Kier alpha value is -3.28. The summed E-state index contributed by atoms with van der Waals surface area (Å²) in [7, 11) is 1.65. The van der Waals surface area contributed by atoms with Crippen molar-refractivity contribution < 1.29 is 19.1 Å². The average Bonchev–Trinajstić information content (AvgIpc) is 3.29. The summed E-state index contributed by atoms with van der Waals surface area (Å²) in [6.45, 7) is 2.17. The number of allylic oxidation sites excluding steroid dienone is 1. The second-order valence-corrected chi connectivity index (χ2v) is 8.06. The van der Waals surface area contributed by atoms with E-state index >= 15 is 0 Å². The van der Waals surface area contributed by atoms with Gasteiger partial charge in [0, 0.05) is 18.3 Å². The quantitative estimate of drug-likeness (QED) is 0.687. The molecule has 0 radical (unpaired) electrons. The summed E-state index contributed by atoms with van der Waals surface area (Å²) < 4.78 is 11.9. The van der Waals surface area contributed by atoms with E-state index in [0.717, 1.165) is 36.8 Å². The fourth-order valence-corrected chi connectivity index (χ4v) is 4.14. The lowest BCUT2D eigenvalue weighted by atomic mass is 9.94. The normalized spacial score (nSPS) is 19.4. The molecule has 6 nitrogen and oxygen atoms in total. The van der Waals surface area contributed by atoms with Crippen LogP contribution >= 0.6 is 0 Å². The van der Waals surface area contributed by atoms with Crippen LogP contribution in [0, 0.1) is 0 Å². The van der Waals surface area contributed by atoms with Gasteiger partial charge in [-0.05, 0) is 44.2 Å². The fourth-order valence-electron chi connectivity index (χ4n) is 4.14. The number of hydrogen-bond acceptors (Lipinski definition) is 4. The Morgan fingerprint density at radius 3 is 2.48 bits per heavy atom. The Morgan fingerprint density at radius 2 is 1.74 bits per heavy atom. The summed E-state index contributed by atoms with van der Waals surface area (Å²) in [5.41, 5.74) is 2.81. The van der Waals surface area contributed by atoms with Gasteiger partial charge in [0.25, 0.3) is 0 Å². The molecule has 0 saturated heterocycles. The first-order valence-corrected chi connectivity index (χ1v) is 10.8. The van der Waals surface area contributed by atoms with E-state index in [4.69, 9.17) is 9.47 Å². The third-order valence-corrected chi connectivity index (χ3v) is 6.02. The molecule has 0 spiro atoms. The van der Waals surface area contributed by atoms with Crippen LogP contribution in [0.3, 0.4) is 0 Å².